The molecule has 1 saturated heterocycles. The summed E-state index contributed by atoms with van der Waals surface area (Å²) >= 11 is 2.15. The second kappa shape index (κ2) is 6.02. The highest BCUT2D eigenvalue weighted by molar-refractivity contribution is 7.99. The summed E-state index contributed by atoms with van der Waals surface area (Å²) in [5.74, 6) is 3.68. The predicted octanol–water partition coefficient (Wildman–Crippen LogP) is 3.05. The van der Waals surface area contributed by atoms with Gasteiger partial charge in [0.15, 0.2) is 0 Å². The average Bonchev–Trinajstić information content (AvgIpc) is 2.18. The van der Waals surface area contributed by atoms with Crippen molar-refractivity contribution in [2.24, 2.45) is 5.92 Å². The van der Waals surface area contributed by atoms with Gasteiger partial charge in [-0.25, -0.2) is 0 Å². The van der Waals surface area contributed by atoms with Crippen molar-refractivity contribution in [1.82, 2.24) is 5.32 Å². The summed E-state index contributed by atoms with van der Waals surface area (Å²) in [6, 6.07) is 0.840. The van der Waals surface area contributed by atoms with Gasteiger partial charge in [-0.15, -0.1) is 0 Å². The Morgan fingerprint density at radius 2 is 1.64 bits per heavy atom. The van der Waals surface area contributed by atoms with Gasteiger partial charge < -0.3 is 5.32 Å². The van der Waals surface area contributed by atoms with Crippen LogP contribution in [-0.2, 0) is 0 Å². The molecule has 1 unspecified atom stereocenters. The van der Waals surface area contributed by atoms with Gasteiger partial charge in [0.1, 0.15) is 0 Å². The Balaban J connectivity index is 1.80. The second-order valence-electron chi connectivity index (χ2n) is 4.74. The Bertz CT molecular complexity index is 146. The summed E-state index contributed by atoms with van der Waals surface area (Å²) in [4.78, 5) is 0. The molecule has 2 aliphatic rings. The van der Waals surface area contributed by atoms with Gasteiger partial charge in [0, 0.05) is 24.1 Å². The third-order valence-electron chi connectivity index (χ3n) is 3.67. The minimum atomic E-state index is 0.840. The maximum atomic E-state index is 3.72. The molecule has 2 rings (SSSR count). The molecule has 2 fully saturated rings. The van der Waals surface area contributed by atoms with E-state index in [1.165, 1.54) is 63.0 Å². The fourth-order valence-electron chi connectivity index (χ4n) is 2.78. The Morgan fingerprint density at radius 3 is 2.29 bits per heavy atom. The molecule has 14 heavy (non-hydrogen) atoms. The van der Waals surface area contributed by atoms with Gasteiger partial charge in [-0.3, -0.25) is 0 Å². The van der Waals surface area contributed by atoms with E-state index in [2.05, 4.69) is 17.1 Å². The minimum Gasteiger partial charge on any atom is -0.312 e. The van der Waals surface area contributed by atoms with Gasteiger partial charge in [-0.1, -0.05) is 32.1 Å². The molecule has 0 aromatic carbocycles. The van der Waals surface area contributed by atoms with E-state index in [-0.39, 0.29) is 0 Å². The SMILES string of the molecule is C1CCCC(C2CSCCN2)CCC1. The first-order valence-electron chi connectivity index (χ1n) is 6.28. The van der Waals surface area contributed by atoms with Gasteiger partial charge in [0.2, 0.25) is 0 Å². The number of rotatable bonds is 1. The van der Waals surface area contributed by atoms with Crippen LogP contribution in [-0.4, -0.2) is 24.1 Å². The minimum absolute atomic E-state index is 0.840. The molecular weight excluding hydrogens is 190 g/mol. The molecule has 0 bridgehead atoms. The highest BCUT2D eigenvalue weighted by Crippen LogP contribution is 2.27. The second-order valence-corrected chi connectivity index (χ2v) is 5.89. The Labute approximate surface area is 92.4 Å². The van der Waals surface area contributed by atoms with Crippen molar-refractivity contribution in [1.29, 1.82) is 0 Å². The Hall–Kier alpha value is 0.310. The highest BCUT2D eigenvalue weighted by atomic mass is 32.2. The Kier molecular flexibility index (Phi) is 4.65. The molecule has 0 amide bonds. The van der Waals surface area contributed by atoms with Crippen molar-refractivity contribution in [2.75, 3.05) is 18.1 Å². The summed E-state index contributed by atoms with van der Waals surface area (Å²) in [5, 5.41) is 3.72. The van der Waals surface area contributed by atoms with Crippen LogP contribution in [0.3, 0.4) is 0 Å². The number of nitrogens with one attached hydrogen (secondary N) is 1. The molecule has 82 valence electrons. The summed E-state index contributed by atoms with van der Waals surface area (Å²) in [5.41, 5.74) is 0. The maximum Gasteiger partial charge on any atom is 0.0186 e. The van der Waals surface area contributed by atoms with Crippen LogP contribution in [0.2, 0.25) is 0 Å². The van der Waals surface area contributed by atoms with Crippen molar-refractivity contribution < 1.29 is 0 Å². The zero-order valence-electron chi connectivity index (χ0n) is 9.13. The van der Waals surface area contributed by atoms with Crippen LogP contribution in [0.25, 0.3) is 0 Å². The van der Waals surface area contributed by atoms with Gasteiger partial charge in [0.05, 0.1) is 0 Å². The molecular formula is C12H23NS. The zero-order chi connectivity index (χ0) is 9.64. The molecule has 1 N–H and O–H groups in total. The molecule has 1 heterocycles. The lowest BCUT2D eigenvalue weighted by Gasteiger charge is -2.32. The van der Waals surface area contributed by atoms with Gasteiger partial charge in [-0.2, -0.15) is 11.8 Å². The molecule has 0 spiro atoms. The van der Waals surface area contributed by atoms with Crippen LogP contribution in [0, 0.1) is 5.92 Å². The monoisotopic (exact) mass is 213 g/mol. The summed E-state index contributed by atoms with van der Waals surface area (Å²) in [6.45, 7) is 1.24. The van der Waals surface area contributed by atoms with Crippen LogP contribution in [0.4, 0.5) is 0 Å². The average molecular weight is 213 g/mol. The van der Waals surface area contributed by atoms with E-state index in [9.17, 15) is 0 Å². The van der Waals surface area contributed by atoms with Crippen LogP contribution in [0.5, 0.6) is 0 Å². The standard InChI is InChI=1S/C12H23NS/c1-2-4-6-11(7-5-3-1)12-10-14-9-8-13-12/h11-13H,1-10H2. The summed E-state index contributed by atoms with van der Waals surface area (Å²) in [6.07, 6.45) is 10.4. The van der Waals surface area contributed by atoms with Gasteiger partial charge in [0.25, 0.3) is 0 Å². The van der Waals surface area contributed by atoms with E-state index in [1.807, 2.05) is 0 Å². The van der Waals surface area contributed by atoms with Crippen molar-refractivity contribution in [3.63, 3.8) is 0 Å². The van der Waals surface area contributed by atoms with Crippen molar-refractivity contribution in [2.45, 2.75) is 51.0 Å². The number of hydrogen-bond donors (Lipinski definition) is 1. The highest BCUT2D eigenvalue weighted by Gasteiger charge is 2.23. The zero-order valence-corrected chi connectivity index (χ0v) is 9.95. The molecule has 0 aromatic heterocycles. The number of thioether (sulfide) groups is 1. The molecule has 1 aliphatic heterocycles. The number of hydrogen-bond acceptors (Lipinski definition) is 2. The smallest absolute Gasteiger partial charge is 0.0186 e. The molecule has 0 radical (unpaired) electrons. The normalized spacial score (nSPS) is 32.1. The first-order chi connectivity index (χ1) is 6.97. The van der Waals surface area contributed by atoms with Crippen molar-refractivity contribution >= 4 is 11.8 Å². The third-order valence-corrected chi connectivity index (χ3v) is 4.76. The molecule has 1 atom stereocenters. The van der Waals surface area contributed by atoms with E-state index in [1.54, 1.807) is 0 Å². The predicted molar refractivity (Wildman–Crippen MR) is 64.9 cm³/mol. The molecule has 1 aliphatic carbocycles. The quantitative estimate of drug-likeness (QED) is 0.718. The lowest BCUT2D eigenvalue weighted by Crippen LogP contribution is -2.43. The maximum absolute atomic E-state index is 3.72. The largest absolute Gasteiger partial charge is 0.312 e. The lowest BCUT2D eigenvalue weighted by molar-refractivity contribution is 0.303. The van der Waals surface area contributed by atoms with E-state index in [0.717, 1.165) is 12.0 Å². The van der Waals surface area contributed by atoms with Crippen LogP contribution in [0.15, 0.2) is 0 Å². The van der Waals surface area contributed by atoms with E-state index < -0.39 is 0 Å². The Morgan fingerprint density at radius 1 is 0.929 bits per heavy atom. The topological polar surface area (TPSA) is 12.0 Å². The summed E-state index contributed by atoms with van der Waals surface area (Å²) in [7, 11) is 0. The lowest BCUT2D eigenvalue weighted by atomic mass is 9.86. The molecule has 2 heteroatoms. The fourth-order valence-corrected chi connectivity index (χ4v) is 3.85. The third kappa shape index (κ3) is 3.16. The van der Waals surface area contributed by atoms with E-state index in [4.69, 9.17) is 0 Å². The van der Waals surface area contributed by atoms with Gasteiger partial charge in [-0.05, 0) is 18.8 Å². The fraction of sp³-hybridized carbons (Fsp3) is 1.00. The van der Waals surface area contributed by atoms with Crippen LogP contribution < -0.4 is 5.32 Å². The molecule has 1 saturated carbocycles. The first kappa shape index (κ1) is 10.8. The van der Waals surface area contributed by atoms with Crippen molar-refractivity contribution in [3.8, 4) is 0 Å². The summed E-state index contributed by atoms with van der Waals surface area (Å²) < 4.78 is 0. The van der Waals surface area contributed by atoms with Crippen LogP contribution in [0.1, 0.15) is 44.9 Å². The molecule has 1 nitrogen and oxygen atoms in total. The van der Waals surface area contributed by atoms with Gasteiger partial charge >= 0.3 is 0 Å². The van der Waals surface area contributed by atoms with Crippen molar-refractivity contribution in [3.05, 3.63) is 0 Å². The first-order valence-corrected chi connectivity index (χ1v) is 7.43. The van der Waals surface area contributed by atoms with E-state index >= 15 is 0 Å². The van der Waals surface area contributed by atoms with E-state index in [0.29, 0.717) is 0 Å². The van der Waals surface area contributed by atoms with Crippen LogP contribution >= 0.6 is 11.8 Å². The molecule has 0 aromatic rings.